The van der Waals surface area contributed by atoms with Crippen molar-refractivity contribution in [3.05, 3.63) is 81.4 Å². The third-order valence-electron chi connectivity index (χ3n) is 6.94. The molecule has 3 unspecified atom stereocenters. The summed E-state index contributed by atoms with van der Waals surface area (Å²) in [5.74, 6) is -2.34. The number of aryl methyl sites for hydroxylation is 3. The summed E-state index contributed by atoms with van der Waals surface area (Å²) in [7, 11) is 2.70. The van der Waals surface area contributed by atoms with E-state index in [1.165, 1.54) is 31.1 Å². The van der Waals surface area contributed by atoms with Crippen LogP contribution in [0.1, 0.15) is 42.0 Å². The Hall–Kier alpha value is -3.65. The van der Waals surface area contributed by atoms with E-state index in [2.05, 4.69) is 43.5 Å². The number of methoxy groups -OCH3 is 2. The Morgan fingerprint density at radius 2 is 1.68 bits per heavy atom. The smallest absolute Gasteiger partial charge is 0.336 e. The summed E-state index contributed by atoms with van der Waals surface area (Å²) >= 11 is 1.47. The van der Waals surface area contributed by atoms with E-state index in [1.54, 1.807) is 0 Å². The number of nitrogens with zero attached hydrogens (tertiary/aromatic N) is 1. The second-order valence-electron chi connectivity index (χ2n) is 9.68. The molecule has 0 radical (unpaired) electrons. The van der Waals surface area contributed by atoms with Crippen molar-refractivity contribution in [3.8, 4) is 11.3 Å². The minimum atomic E-state index is -1.01. The van der Waals surface area contributed by atoms with Crippen LogP contribution < -0.4 is 10.6 Å². The molecule has 3 aromatic rings. The van der Waals surface area contributed by atoms with Crippen molar-refractivity contribution in [1.82, 2.24) is 10.3 Å². The molecule has 0 amide bonds. The van der Waals surface area contributed by atoms with Crippen LogP contribution in [0.2, 0.25) is 0 Å². The monoisotopic (exact) mass is 519 g/mol. The van der Waals surface area contributed by atoms with E-state index in [0.29, 0.717) is 16.4 Å². The fourth-order valence-corrected chi connectivity index (χ4v) is 6.35. The van der Waals surface area contributed by atoms with Crippen LogP contribution in [0, 0.1) is 26.7 Å². The first-order chi connectivity index (χ1) is 17.6. The van der Waals surface area contributed by atoms with Gasteiger partial charge in [0.1, 0.15) is 11.6 Å². The minimum Gasteiger partial charge on any atom is -0.469 e. The van der Waals surface area contributed by atoms with Crippen molar-refractivity contribution < 1.29 is 19.1 Å². The van der Waals surface area contributed by atoms with Crippen molar-refractivity contribution in [2.45, 2.75) is 46.2 Å². The predicted octanol–water partition coefficient (Wildman–Crippen LogP) is 5.49. The van der Waals surface area contributed by atoms with Crippen LogP contribution in [0.15, 0.2) is 59.1 Å². The zero-order valence-corrected chi connectivity index (χ0v) is 23.1. The molecule has 0 bridgehead atoms. The number of hydrogen-bond acceptors (Lipinski definition) is 8. The standard InChI is InChI=1S/C29H33N3O4S/c1-16-13-17(2)22(18(3)14-16)21-15-37-28(30-21)32-29(5)25(27(34)36-7)24(20-11-9-8-10-12-20)23(19(4)31-29)26(33)35-6/h8-15,24-25,31H,1-7H3,(H,30,32). The lowest BCUT2D eigenvalue weighted by Gasteiger charge is -2.46. The van der Waals surface area contributed by atoms with Crippen molar-refractivity contribution in [3.63, 3.8) is 0 Å². The Kier molecular flexibility index (Phi) is 7.41. The summed E-state index contributed by atoms with van der Waals surface area (Å²) < 4.78 is 10.4. The molecule has 0 aliphatic carbocycles. The van der Waals surface area contributed by atoms with Gasteiger partial charge >= 0.3 is 11.9 Å². The Morgan fingerprint density at radius 3 is 2.27 bits per heavy atom. The van der Waals surface area contributed by atoms with Crippen LogP contribution in [0.4, 0.5) is 5.13 Å². The molecule has 3 atom stereocenters. The van der Waals surface area contributed by atoms with E-state index in [0.717, 1.165) is 27.9 Å². The maximum atomic E-state index is 13.4. The molecular weight excluding hydrogens is 486 g/mol. The van der Waals surface area contributed by atoms with Gasteiger partial charge in [-0.15, -0.1) is 11.3 Å². The maximum Gasteiger partial charge on any atom is 0.336 e. The number of ether oxygens (including phenoxy) is 2. The normalized spacial score (nSPS) is 21.3. The van der Waals surface area contributed by atoms with Crippen molar-refractivity contribution in [2.24, 2.45) is 5.92 Å². The Labute approximate surface area is 221 Å². The van der Waals surface area contributed by atoms with Crippen molar-refractivity contribution in [1.29, 1.82) is 0 Å². The van der Waals surface area contributed by atoms with Gasteiger partial charge in [-0.1, -0.05) is 48.0 Å². The highest BCUT2D eigenvalue weighted by Crippen LogP contribution is 2.45. The van der Waals surface area contributed by atoms with E-state index in [4.69, 9.17) is 14.5 Å². The number of carbonyl (C=O) groups is 2. The number of aromatic nitrogens is 1. The predicted molar refractivity (Wildman–Crippen MR) is 146 cm³/mol. The van der Waals surface area contributed by atoms with E-state index in [1.807, 2.05) is 49.6 Å². The van der Waals surface area contributed by atoms with Gasteiger partial charge in [0.25, 0.3) is 0 Å². The van der Waals surface area contributed by atoms with Crippen LogP contribution in [-0.4, -0.2) is 36.8 Å². The van der Waals surface area contributed by atoms with Crippen LogP contribution in [0.5, 0.6) is 0 Å². The molecule has 2 heterocycles. The van der Waals surface area contributed by atoms with Gasteiger partial charge in [0.15, 0.2) is 5.13 Å². The number of rotatable bonds is 6. The molecule has 1 aliphatic heterocycles. The lowest BCUT2D eigenvalue weighted by molar-refractivity contribution is -0.149. The number of nitrogens with one attached hydrogen (secondary N) is 2. The summed E-state index contributed by atoms with van der Waals surface area (Å²) in [6, 6.07) is 13.8. The third-order valence-corrected chi connectivity index (χ3v) is 7.70. The molecular formula is C29H33N3O4S. The average Bonchev–Trinajstić information content (AvgIpc) is 3.29. The first kappa shape index (κ1) is 26.4. The minimum absolute atomic E-state index is 0.397. The first-order valence-corrected chi connectivity index (χ1v) is 13.0. The highest BCUT2D eigenvalue weighted by atomic mass is 32.1. The second-order valence-corrected chi connectivity index (χ2v) is 10.5. The van der Waals surface area contributed by atoms with Crippen LogP contribution >= 0.6 is 11.3 Å². The number of carbonyl (C=O) groups excluding carboxylic acids is 2. The van der Waals surface area contributed by atoms with Gasteiger partial charge in [0.05, 0.1) is 25.5 Å². The third kappa shape index (κ3) is 4.98. The Morgan fingerprint density at radius 1 is 1.03 bits per heavy atom. The molecule has 1 aromatic heterocycles. The number of allylic oxidation sites excluding steroid dienone is 1. The number of esters is 2. The largest absolute Gasteiger partial charge is 0.469 e. The molecule has 194 valence electrons. The molecule has 1 aliphatic rings. The molecule has 0 spiro atoms. The van der Waals surface area contributed by atoms with Crippen molar-refractivity contribution >= 4 is 28.4 Å². The van der Waals surface area contributed by atoms with Gasteiger partial charge in [-0.2, -0.15) is 0 Å². The van der Waals surface area contributed by atoms with Gasteiger partial charge in [0.2, 0.25) is 0 Å². The van der Waals surface area contributed by atoms with Crippen molar-refractivity contribution in [2.75, 3.05) is 19.5 Å². The van der Waals surface area contributed by atoms with Gasteiger partial charge in [-0.3, -0.25) is 4.79 Å². The van der Waals surface area contributed by atoms with Crippen LogP contribution in [0.25, 0.3) is 11.3 Å². The number of anilines is 1. The molecule has 0 fully saturated rings. The molecule has 37 heavy (non-hydrogen) atoms. The Balaban J connectivity index is 1.80. The topological polar surface area (TPSA) is 89.5 Å². The van der Waals surface area contributed by atoms with E-state index < -0.39 is 29.4 Å². The summed E-state index contributed by atoms with van der Waals surface area (Å²) in [6.07, 6.45) is 0. The number of thiazole rings is 1. The van der Waals surface area contributed by atoms with Gasteiger partial charge in [-0.25, -0.2) is 9.78 Å². The fraction of sp³-hybridized carbons (Fsp3) is 0.345. The maximum absolute atomic E-state index is 13.4. The molecule has 2 aromatic carbocycles. The van der Waals surface area contributed by atoms with Crippen LogP contribution in [0.3, 0.4) is 0 Å². The second kappa shape index (κ2) is 10.4. The van der Waals surface area contributed by atoms with Crippen LogP contribution in [-0.2, 0) is 19.1 Å². The molecule has 4 rings (SSSR count). The highest BCUT2D eigenvalue weighted by molar-refractivity contribution is 7.14. The molecule has 8 heteroatoms. The fourth-order valence-electron chi connectivity index (χ4n) is 5.54. The zero-order chi connectivity index (χ0) is 26.9. The molecule has 2 N–H and O–H groups in total. The lowest BCUT2D eigenvalue weighted by Crippen LogP contribution is -2.62. The summed E-state index contributed by atoms with van der Waals surface area (Å²) in [5, 5.41) is 9.53. The molecule has 0 saturated carbocycles. The SMILES string of the molecule is COC(=O)C1=C(C)NC(C)(Nc2nc(-c3c(C)cc(C)cc3C)cs2)C(C(=O)OC)C1c1ccccc1. The summed E-state index contributed by atoms with van der Waals surface area (Å²) in [4.78, 5) is 31.2. The molecule has 7 nitrogen and oxygen atoms in total. The van der Waals surface area contributed by atoms with E-state index in [9.17, 15) is 9.59 Å². The summed E-state index contributed by atoms with van der Waals surface area (Å²) in [5.41, 5.74) is 6.34. The van der Waals surface area contributed by atoms with E-state index >= 15 is 0 Å². The quantitative estimate of drug-likeness (QED) is 0.417. The lowest BCUT2D eigenvalue weighted by atomic mass is 9.71. The van der Waals surface area contributed by atoms with Gasteiger partial charge in [-0.05, 0) is 51.3 Å². The first-order valence-electron chi connectivity index (χ1n) is 12.1. The van der Waals surface area contributed by atoms with E-state index in [-0.39, 0.29) is 0 Å². The number of hydrogen-bond donors (Lipinski definition) is 2. The number of benzene rings is 2. The summed E-state index contributed by atoms with van der Waals surface area (Å²) in [6.45, 7) is 9.98. The zero-order valence-electron chi connectivity index (χ0n) is 22.3. The average molecular weight is 520 g/mol. The van der Waals surface area contributed by atoms with Gasteiger partial charge < -0.3 is 20.1 Å². The highest BCUT2D eigenvalue weighted by Gasteiger charge is 2.52. The molecule has 0 saturated heterocycles. The Bertz CT molecular complexity index is 1340. The van der Waals surface area contributed by atoms with Gasteiger partial charge in [0, 0.05) is 22.6 Å².